The second-order valence-electron chi connectivity index (χ2n) is 7.60. The Bertz CT molecular complexity index is 861. The predicted molar refractivity (Wildman–Crippen MR) is 115 cm³/mol. The second-order valence-corrected chi connectivity index (χ2v) is 9.06. The van der Waals surface area contributed by atoms with E-state index < -0.39 is 0 Å². The number of amides is 2. The molecule has 0 N–H and O–H groups in total. The highest BCUT2D eigenvalue weighted by molar-refractivity contribution is 8.00. The lowest BCUT2D eigenvalue weighted by Gasteiger charge is -2.44. The molecule has 0 unspecified atom stereocenters. The third-order valence-electron chi connectivity index (χ3n) is 5.71. The van der Waals surface area contributed by atoms with Crippen LogP contribution in [0.4, 0.5) is 0 Å². The zero-order valence-corrected chi connectivity index (χ0v) is 17.5. The third kappa shape index (κ3) is 4.27. The fraction of sp³-hybridized carbons (Fsp3) is 0.391. The van der Waals surface area contributed by atoms with Crippen LogP contribution in [0.25, 0.3) is 0 Å². The minimum atomic E-state index is -0.207. The van der Waals surface area contributed by atoms with Crippen molar-refractivity contribution in [3.05, 3.63) is 65.7 Å². The molecule has 0 radical (unpaired) electrons. The standard InChI is InChI=1S/C23H26N2O3S/c1-18-7-9-19(10-8-18)22(27)24-13-11-23(12-14-24)25(15-16-29-23)21(26)17-28-20-5-3-2-4-6-20/h2-10H,11-17H2,1H3. The molecular weight excluding hydrogens is 384 g/mol. The Hall–Kier alpha value is -2.47. The van der Waals surface area contributed by atoms with Crippen LogP contribution in [0.15, 0.2) is 54.6 Å². The largest absolute Gasteiger partial charge is 0.484 e. The van der Waals surface area contributed by atoms with Crippen molar-refractivity contribution in [3.8, 4) is 5.75 Å². The number of likely N-dealkylation sites (tertiary alicyclic amines) is 1. The minimum Gasteiger partial charge on any atom is -0.484 e. The maximum atomic E-state index is 12.9. The first-order valence-electron chi connectivity index (χ1n) is 10.1. The molecule has 1 spiro atoms. The molecule has 2 aliphatic heterocycles. The SMILES string of the molecule is Cc1ccc(C(=O)N2CCC3(CC2)SCCN3C(=O)COc2ccccc2)cc1. The summed E-state index contributed by atoms with van der Waals surface area (Å²) in [5.41, 5.74) is 1.88. The van der Waals surface area contributed by atoms with Gasteiger partial charge in [0.1, 0.15) is 5.75 Å². The number of hydrogen-bond donors (Lipinski definition) is 0. The topological polar surface area (TPSA) is 49.9 Å². The molecule has 5 nitrogen and oxygen atoms in total. The Balaban J connectivity index is 1.36. The van der Waals surface area contributed by atoms with Gasteiger partial charge < -0.3 is 14.5 Å². The van der Waals surface area contributed by atoms with Gasteiger partial charge in [0.25, 0.3) is 11.8 Å². The molecule has 2 aliphatic rings. The summed E-state index contributed by atoms with van der Waals surface area (Å²) in [4.78, 5) is 29.4. The van der Waals surface area contributed by atoms with Crippen LogP contribution >= 0.6 is 11.8 Å². The van der Waals surface area contributed by atoms with Crippen LogP contribution in [0.1, 0.15) is 28.8 Å². The van der Waals surface area contributed by atoms with Gasteiger partial charge >= 0.3 is 0 Å². The van der Waals surface area contributed by atoms with E-state index in [0.717, 1.165) is 36.3 Å². The number of carbonyl (C=O) groups is 2. The van der Waals surface area contributed by atoms with Gasteiger partial charge in [-0.25, -0.2) is 0 Å². The van der Waals surface area contributed by atoms with Gasteiger partial charge in [-0.05, 0) is 44.0 Å². The Labute approximate surface area is 176 Å². The van der Waals surface area contributed by atoms with E-state index in [4.69, 9.17) is 4.74 Å². The molecule has 0 aromatic heterocycles. The highest BCUT2D eigenvalue weighted by atomic mass is 32.2. The van der Waals surface area contributed by atoms with E-state index in [1.54, 1.807) is 0 Å². The minimum absolute atomic E-state index is 0.0252. The molecule has 29 heavy (non-hydrogen) atoms. The van der Waals surface area contributed by atoms with Gasteiger partial charge in [-0.3, -0.25) is 9.59 Å². The fourth-order valence-corrected chi connectivity index (χ4v) is 5.53. The smallest absolute Gasteiger partial charge is 0.261 e. The van der Waals surface area contributed by atoms with E-state index in [1.165, 1.54) is 0 Å². The first kappa shape index (κ1) is 19.8. The average molecular weight is 411 g/mol. The van der Waals surface area contributed by atoms with Crippen molar-refractivity contribution in [2.24, 2.45) is 0 Å². The summed E-state index contributed by atoms with van der Waals surface area (Å²) in [5, 5.41) is 0. The molecule has 152 valence electrons. The number of piperidine rings is 1. The number of nitrogens with zero attached hydrogens (tertiary/aromatic N) is 2. The van der Waals surface area contributed by atoms with Crippen LogP contribution in [0.5, 0.6) is 5.75 Å². The zero-order valence-electron chi connectivity index (χ0n) is 16.7. The van der Waals surface area contributed by atoms with Crippen LogP contribution in [-0.4, -0.2) is 58.5 Å². The first-order chi connectivity index (χ1) is 14.1. The molecule has 0 aliphatic carbocycles. The highest BCUT2D eigenvalue weighted by Crippen LogP contribution is 2.44. The molecule has 2 fully saturated rings. The Morgan fingerprint density at radius 3 is 2.38 bits per heavy atom. The van der Waals surface area contributed by atoms with Crippen molar-refractivity contribution in [1.82, 2.24) is 9.80 Å². The first-order valence-corrected chi connectivity index (χ1v) is 11.0. The predicted octanol–water partition coefficient (Wildman–Crippen LogP) is 3.58. The molecule has 6 heteroatoms. The maximum Gasteiger partial charge on any atom is 0.261 e. The van der Waals surface area contributed by atoms with Crippen molar-refractivity contribution in [2.75, 3.05) is 32.0 Å². The van der Waals surface area contributed by atoms with Gasteiger partial charge in [-0.1, -0.05) is 35.9 Å². The average Bonchev–Trinajstić information content (AvgIpc) is 3.16. The molecular formula is C23H26N2O3S. The molecule has 2 saturated heterocycles. The van der Waals surface area contributed by atoms with E-state index in [-0.39, 0.29) is 23.3 Å². The summed E-state index contributed by atoms with van der Waals surface area (Å²) in [6.07, 6.45) is 1.60. The van der Waals surface area contributed by atoms with Crippen molar-refractivity contribution in [3.63, 3.8) is 0 Å². The molecule has 0 saturated carbocycles. The number of hydrogen-bond acceptors (Lipinski definition) is 4. The van der Waals surface area contributed by atoms with E-state index in [9.17, 15) is 9.59 Å². The molecule has 2 aromatic rings. The molecule has 2 amide bonds. The lowest BCUT2D eigenvalue weighted by molar-refractivity contribution is -0.136. The zero-order chi connectivity index (χ0) is 20.3. The Kier molecular flexibility index (Phi) is 5.81. The molecule has 4 rings (SSSR count). The Morgan fingerprint density at radius 1 is 1.00 bits per heavy atom. The van der Waals surface area contributed by atoms with Crippen LogP contribution in [-0.2, 0) is 4.79 Å². The van der Waals surface area contributed by atoms with Gasteiger partial charge in [0.05, 0.1) is 4.87 Å². The molecule has 0 atom stereocenters. The summed E-state index contributed by atoms with van der Waals surface area (Å²) < 4.78 is 5.68. The monoisotopic (exact) mass is 410 g/mol. The van der Waals surface area contributed by atoms with Gasteiger partial charge in [0.15, 0.2) is 6.61 Å². The van der Waals surface area contributed by atoms with Crippen molar-refractivity contribution >= 4 is 23.6 Å². The summed E-state index contributed by atoms with van der Waals surface area (Å²) in [6.45, 7) is 4.15. The molecule has 0 bridgehead atoms. The van der Waals surface area contributed by atoms with E-state index in [2.05, 4.69) is 0 Å². The number of thioether (sulfide) groups is 1. The van der Waals surface area contributed by atoms with Gasteiger partial charge in [-0.15, -0.1) is 11.8 Å². The number of para-hydroxylation sites is 1. The summed E-state index contributed by atoms with van der Waals surface area (Å²) in [5.74, 6) is 1.74. The summed E-state index contributed by atoms with van der Waals surface area (Å²) in [6, 6.07) is 17.2. The van der Waals surface area contributed by atoms with Crippen molar-refractivity contribution in [2.45, 2.75) is 24.6 Å². The third-order valence-corrected chi connectivity index (χ3v) is 7.27. The quantitative estimate of drug-likeness (QED) is 0.773. The number of ether oxygens (including phenoxy) is 1. The van der Waals surface area contributed by atoms with Gasteiger partial charge in [0, 0.05) is 31.0 Å². The van der Waals surface area contributed by atoms with E-state index in [0.29, 0.717) is 18.8 Å². The second kappa shape index (κ2) is 8.49. The number of benzene rings is 2. The molecule has 2 heterocycles. The van der Waals surface area contributed by atoms with Crippen molar-refractivity contribution < 1.29 is 14.3 Å². The Morgan fingerprint density at radius 2 is 1.69 bits per heavy atom. The number of rotatable bonds is 4. The van der Waals surface area contributed by atoms with E-state index in [1.807, 2.05) is 83.1 Å². The fourth-order valence-electron chi connectivity index (χ4n) is 4.05. The van der Waals surface area contributed by atoms with E-state index >= 15 is 0 Å². The summed E-state index contributed by atoms with van der Waals surface area (Å²) >= 11 is 1.85. The maximum absolute atomic E-state index is 12.9. The normalized spacial score (nSPS) is 18.1. The van der Waals surface area contributed by atoms with Gasteiger partial charge in [-0.2, -0.15) is 0 Å². The summed E-state index contributed by atoms with van der Waals surface area (Å²) in [7, 11) is 0. The van der Waals surface area contributed by atoms with Gasteiger partial charge in [0.2, 0.25) is 0 Å². The van der Waals surface area contributed by atoms with Crippen LogP contribution in [0.3, 0.4) is 0 Å². The van der Waals surface area contributed by atoms with Crippen molar-refractivity contribution in [1.29, 1.82) is 0 Å². The number of carbonyl (C=O) groups excluding carboxylic acids is 2. The van der Waals surface area contributed by atoms with Crippen LogP contribution in [0.2, 0.25) is 0 Å². The van der Waals surface area contributed by atoms with Crippen LogP contribution < -0.4 is 4.74 Å². The van der Waals surface area contributed by atoms with Crippen LogP contribution in [0, 0.1) is 6.92 Å². The lowest BCUT2D eigenvalue weighted by atomic mass is 10.0. The molecule has 2 aromatic carbocycles. The number of aryl methyl sites for hydroxylation is 1. The highest BCUT2D eigenvalue weighted by Gasteiger charge is 2.46. The lowest BCUT2D eigenvalue weighted by Crippen LogP contribution is -2.54.